The van der Waals surface area contributed by atoms with Gasteiger partial charge in [-0.3, -0.25) is 4.90 Å². The van der Waals surface area contributed by atoms with Gasteiger partial charge in [0.25, 0.3) is 0 Å². The smallest absolute Gasteiger partial charge is 0.108 e. The van der Waals surface area contributed by atoms with Crippen LogP contribution in [0.5, 0.6) is 0 Å². The van der Waals surface area contributed by atoms with Crippen molar-refractivity contribution >= 4 is 23.2 Å². The molecule has 19 heavy (non-hydrogen) atoms. The SMILES string of the molecule is OC(c1cc(Cl)ccc1Cl)C1CN2CCCC2CO1. The summed E-state index contributed by atoms with van der Waals surface area (Å²) in [6.45, 7) is 2.55. The Hall–Kier alpha value is -0.320. The Balaban J connectivity index is 1.76. The molecule has 5 heteroatoms. The second kappa shape index (κ2) is 5.58. The maximum absolute atomic E-state index is 10.5. The van der Waals surface area contributed by atoms with Gasteiger partial charge in [0, 0.05) is 28.2 Å². The number of ether oxygens (including phenoxy) is 1. The van der Waals surface area contributed by atoms with Crippen LogP contribution in [0.3, 0.4) is 0 Å². The molecule has 2 aliphatic heterocycles. The van der Waals surface area contributed by atoms with Gasteiger partial charge in [0.15, 0.2) is 0 Å². The van der Waals surface area contributed by atoms with E-state index >= 15 is 0 Å². The molecule has 1 N–H and O–H groups in total. The summed E-state index contributed by atoms with van der Waals surface area (Å²) < 4.78 is 5.81. The quantitative estimate of drug-likeness (QED) is 0.912. The number of rotatable bonds is 2. The molecule has 3 rings (SSSR count). The van der Waals surface area contributed by atoms with E-state index in [4.69, 9.17) is 27.9 Å². The molecule has 2 saturated heterocycles. The highest BCUT2D eigenvalue weighted by atomic mass is 35.5. The van der Waals surface area contributed by atoms with Crippen molar-refractivity contribution in [2.45, 2.75) is 31.1 Å². The minimum absolute atomic E-state index is 0.231. The number of morpholine rings is 1. The van der Waals surface area contributed by atoms with Gasteiger partial charge in [-0.2, -0.15) is 0 Å². The third-order valence-electron chi connectivity index (χ3n) is 4.05. The average molecular weight is 302 g/mol. The molecular weight excluding hydrogens is 285 g/mol. The molecule has 0 bridgehead atoms. The fourth-order valence-corrected chi connectivity index (χ4v) is 3.39. The van der Waals surface area contributed by atoms with Crippen molar-refractivity contribution in [3.05, 3.63) is 33.8 Å². The second-order valence-electron chi connectivity index (χ2n) is 5.27. The van der Waals surface area contributed by atoms with Crippen LogP contribution in [0.15, 0.2) is 18.2 Å². The first-order valence-corrected chi connectivity index (χ1v) is 7.39. The van der Waals surface area contributed by atoms with Gasteiger partial charge in [0.05, 0.1) is 6.61 Å². The summed E-state index contributed by atoms with van der Waals surface area (Å²) in [6, 6.07) is 5.68. The van der Waals surface area contributed by atoms with Gasteiger partial charge in [-0.15, -0.1) is 0 Å². The molecule has 3 atom stereocenters. The molecule has 2 aliphatic rings. The van der Waals surface area contributed by atoms with Gasteiger partial charge in [-0.25, -0.2) is 0 Å². The Labute approximate surface area is 123 Å². The fraction of sp³-hybridized carbons (Fsp3) is 0.571. The molecule has 2 heterocycles. The summed E-state index contributed by atoms with van der Waals surface area (Å²) in [5, 5.41) is 11.6. The maximum Gasteiger partial charge on any atom is 0.108 e. The molecule has 0 amide bonds. The number of benzene rings is 1. The predicted molar refractivity (Wildman–Crippen MR) is 75.8 cm³/mol. The Morgan fingerprint density at radius 3 is 3.05 bits per heavy atom. The van der Waals surface area contributed by atoms with Crippen molar-refractivity contribution in [2.24, 2.45) is 0 Å². The lowest BCUT2D eigenvalue weighted by atomic mass is 10.0. The number of hydrogen-bond donors (Lipinski definition) is 1. The summed E-state index contributed by atoms with van der Waals surface area (Å²) >= 11 is 12.1. The van der Waals surface area contributed by atoms with E-state index < -0.39 is 6.10 Å². The van der Waals surface area contributed by atoms with E-state index in [9.17, 15) is 5.11 Å². The van der Waals surface area contributed by atoms with Crippen LogP contribution in [0, 0.1) is 0 Å². The van der Waals surface area contributed by atoms with Gasteiger partial charge in [0.2, 0.25) is 0 Å². The van der Waals surface area contributed by atoms with Crippen LogP contribution in [0.2, 0.25) is 10.0 Å². The zero-order chi connectivity index (χ0) is 13.4. The van der Waals surface area contributed by atoms with Crippen molar-refractivity contribution in [1.29, 1.82) is 0 Å². The Kier molecular flexibility index (Phi) is 4.01. The molecule has 1 aromatic carbocycles. The summed E-state index contributed by atoms with van der Waals surface area (Å²) in [4.78, 5) is 2.40. The first-order valence-electron chi connectivity index (χ1n) is 6.64. The monoisotopic (exact) mass is 301 g/mol. The van der Waals surface area contributed by atoms with Crippen LogP contribution >= 0.6 is 23.2 Å². The minimum Gasteiger partial charge on any atom is -0.386 e. The molecule has 3 nitrogen and oxygen atoms in total. The van der Waals surface area contributed by atoms with Crippen molar-refractivity contribution in [2.75, 3.05) is 19.7 Å². The maximum atomic E-state index is 10.5. The Morgan fingerprint density at radius 2 is 2.21 bits per heavy atom. The molecular formula is C14H17Cl2NO2. The van der Waals surface area contributed by atoms with Gasteiger partial charge >= 0.3 is 0 Å². The standard InChI is InChI=1S/C14H17Cl2NO2/c15-9-3-4-12(16)11(6-9)14(18)13-7-17-5-1-2-10(17)8-19-13/h3-4,6,10,13-14,18H,1-2,5,7-8H2. The molecule has 0 radical (unpaired) electrons. The minimum atomic E-state index is -0.729. The predicted octanol–water partition coefficient (Wildman–Crippen LogP) is 2.89. The van der Waals surface area contributed by atoms with Crippen molar-refractivity contribution in [3.63, 3.8) is 0 Å². The van der Waals surface area contributed by atoms with Gasteiger partial charge in [-0.05, 0) is 37.6 Å². The Morgan fingerprint density at radius 1 is 1.37 bits per heavy atom. The molecule has 2 fully saturated rings. The third kappa shape index (κ3) is 2.76. The van der Waals surface area contributed by atoms with E-state index in [2.05, 4.69) is 4.90 Å². The number of aliphatic hydroxyl groups excluding tert-OH is 1. The third-order valence-corrected chi connectivity index (χ3v) is 4.62. The van der Waals surface area contributed by atoms with E-state index in [1.807, 2.05) is 0 Å². The largest absolute Gasteiger partial charge is 0.386 e. The number of nitrogens with zero attached hydrogens (tertiary/aromatic N) is 1. The van der Waals surface area contributed by atoms with Gasteiger partial charge in [0.1, 0.15) is 12.2 Å². The highest BCUT2D eigenvalue weighted by Gasteiger charge is 2.36. The highest BCUT2D eigenvalue weighted by Crippen LogP contribution is 2.33. The van der Waals surface area contributed by atoms with E-state index in [0.29, 0.717) is 28.3 Å². The Bertz CT molecular complexity index is 469. The molecule has 0 aliphatic carbocycles. The summed E-state index contributed by atoms with van der Waals surface area (Å²) in [6.07, 6.45) is 1.45. The molecule has 0 spiro atoms. The zero-order valence-corrected chi connectivity index (χ0v) is 12.1. The first kappa shape index (κ1) is 13.7. The van der Waals surface area contributed by atoms with Crippen LogP contribution < -0.4 is 0 Å². The van der Waals surface area contributed by atoms with E-state index in [1.54, 1.807) is 18.2 Å². The number of halogens is 2. The molecule has 104 valence electrons. The van der Waals surface area contributed by atoms with E-state index in [0.717, 1.165) is 13.1 Å². The van der Waals surface area contributed by atoms with Crippen LogP contribution in [-0.4, -0.2) is 41.8 Å². The zero-order valence-electron chi connectivity index (χ0n) is 10.6. The lowest BCUT2D eigenvalue weighted by Crippen LogP contribution is -2.48. The number of fused-ring (bicyclic) bond motifs is 1. The summed E-state index contributed by atoms with van der Waals surface area (Å²) in [5.74, 6) is 0. The lowest BCUT2D eigenvalue weighted by Gasteiger charge is -2.37. The molecule has 0 aromatic heterocycles. The van der Waals surface area contributed by atoms with Crippen molar-refractivity contribution in [3.8, 4) is 0 Å². The van der Waals surface area contributed by atoms with Gasteiger partial charge < -0.3 is 9.84 Å². The van der Waals surface area contributed by atoms with E-state index in [-0.39, 0.29) is 6.10 Å². The van der Waals surface area contributed by atoms with Crippen LogP contribution in [0.25, 0.3) is 0 Å². The van der Waals surface area contributed by atoms with Crippen molar-refractivity contribution < 1.29 is 9.84 Å². The fourth-order valence-electron chi connectivity index (χ4n) is 2.98. The normalized spacial score (nSPS) is 29.2. The highest BCUT2D eigenvalue weighted by molar-refractivity contribution is 6.33. The van der Waals surface area contributed by atoms with Crippen molar-refractivity contribution in [1.82, 2.24) is 4.90 Å². The van der Waals surface area contributed by atoms with Crippen LogP contribution in [-0.2, 0) is 4.74 Å². The molecule has 3 unspecified atom stereocenters. The number of hydrogen-bond acceptors (Lipinski definition) is 3. The number of aliphatic hydroxyl groups is 1. The van der Waals surface area contributed by atoms with Crippen LogP contribution in [0.1, 0.15) is 24.5 Å². The molecule has 0 saturated carbocycles. The van der Waals surface area contributed by atoms with E-state index in [1.165, 1.54) is 12.8 Å². The second-order valence-corrected chi connectivity index (χ2v) is 6.12. The summed E-state index contributed by atoms with van der Waals surface area (Å²) in [7, 11) is 0. The lowest BCUT2D eigenvalue weighted by molar-refractivity contribution is -0.103. The first-order chi connectivity index (χ1) is 9.15. The van der Waals surface area contributed by atoms with Crippen LogP contribution in [0.4, 0.5) is 0 Å². The van der Waals surface area contributed by atoms with Gasteiger partial charge in [-0.1, -0.05) is 23.2 Å². The summed E-state index contributed by atoms with van der Waals surface area (Å²) in [5.41, 5.74) is 0.650. The molecule has 1 aromatic rings. The average Bonchev–Trinajstić information content (AvgIpc) is 2.88. The topological polar surface area (TPSA) is 32.7 Å².